The highest BCUT2D eigenvalue weighted by Crippen LogP contribution is 2.41. The Morgan fingerprint density at radius 3 is 2.91 bits per heavy atom. The molecule has 0 fully saturated rings. The molecule has 0 unspecified atom stereocenters. The lowest BCUT2D eigenvalue weighted by Crippen LogP contribution is -2.07. The first-order valence-electron chi connectivity index (χ1n) is 6.66. The van der Waals surface area contributed by atoms with E-state index in [1.165, 1.54) is 12.3 Å². The van der Waals surface area contributed by atoms with Crippen molar-refractivity contribution in [1.82, 2.24) is 4.98 Å². The summed E-state index contributed by atoms with van der Waals surface area (Å²) in [5.74, 6) is -0.363. The van der Waals surface area contributed by atoms with Gasteiger partial charge in [0.1, 0.15) is 23.8 Å². The first kappa shape index (κ1) is 14.4. The molecule has 1 aromatic heterocycles. The fraction of sp³-hybridized carbons (Fsp3) is 0.250. The van der Waals surface area contributed by atoms with Crippen LogP contribution in [0.4, 0.5) is 14.5 Å². The molecule has 0 aliphatic heterocycles. The minimum atomic E-state index is -1.41. The number of aromatic nitrogens is 1. The highest BCUT2D eigenvalue weighted by atomic mass is 19.1. The quantitative estimate of drug-likeness (QED) is 0.858. The van der Waals surface area contributed by atoms with Crippen LogP contribution < -0.4 is 4.74 Å². The number of pyridine rings is 1. The molecule has 0 bridgehead atoms. The number of fused-ring (bicyclic) bond motifs is 1. The van der Waals surface area contributed by atoms with Crippen molar-refractivity contribution in [3.63, 3.8) is 0 Å². The highest BCUT2D eigenvalue weighted by molar-refractivity contribution is 5.52. The number of ether oxygens (including phenoxy) is 1. The molecular weight excluding hydrogens is 290 g/mol. The molecule has 0 radical (unpaired) electrons. The van der Waals surface area contributed by atoms with Crippen LogP contribution in [0.25, 0.3) is 4.85 Å². The molecule has 0 amide bonds. The molecule has 1 heterocycles. The standard InChI is InChI=1S/C16H12F2N2O2/c1-8-7-20-16(12-6-13(18)15(21)14(8)12)22-11-4-9(17)3-10(5-11)19-2/h3-5,7,13,15,21H,6H2,1H3/t13-,15-/m1/s1. The SMILES string of the molecule is [C-]#[N+]c1cc(F)cc(Oc2ncc(C)c3c2C[C@@H](F)[C@H]3O)c1. The molecule has 1 aliphatic carbocycles. The molecular formula is C16H12F2N2O2. The van der Waals surface area contributed by atoms with Crippen molar-refractivity contribution >= 4 is 5.69 Å². The Bertz CT molecular complexity index is 786. The summed E-state index contributed by atoms with van der Waals surface area (Å²) in [6, 6.07) is 3.59. The molecule has 2 aromatic rings. The number of hydrogen-bond donors (Lipinski definition) is 1. The summed E-state index contributed by atoms with van der Waals surface area (Å²) in [5, 5.41) is 9.89. The van der Waals surface area contributed by atoms with Gasteiger partial charge in [-0.05, 0) is 30.2 Å². The van der Waals surface area contributed by atoms with Gasteiger partial charge in [0.2, 0.25) is 5.88 Å². The minimum Gasteiger partial charge on any atom is -0.440 e. The fourth-order valence-corrected chi connectivity index (χ4v) is 2.62. The second kappa shape index (κ2) is 5.35. The summed E-state index contributed by atoms with van der Waals surface area (Å²) >= 11 is 0. The van der Waals surface area contributed by atoms with Gasteiger partial charge in [-0.1, -0.05) is 0 Å². The number of alkyl halides is 1. The average Bonchev–Trinajstić information content (AvgIpc) is 2.78. The zero-order valence-corrected chi connectivity index (χ0v) is 11.7. The van der Waals surface area contributed by atoms with Gasteiger partial charge in [-0.25, -0.2) is 18.6 Å². The second-order valence-corrected chi connectivity index (χ2v) is 5.16. The maximum atomic E-state index is 13.8. The number of nitrogens with zero attached hydrogens (tertiary/aromatic N) is 2. The lowest BCUT2D eigenvalue weighted by atomic mass is 10.1. The lowest BCUT2D eigenvalue weighted by molar-refractivity contribution is 0.0921. The number of benzene rings is 1. The number of aliphatic hydroxyl groups is 1. The summed E-state index contributed by atoms with van der Waals surface area (Å²) in [4.78, 5) is 7.25. The Morgan fingerprint density at radius 2 is 2.18 bits per heavy atom. The van der Waals surface area contributed by atoms with Gasteiger partial charge in [0.05, 0.1) is 6.57 Å². The molecule has 112 valence electrons. The molecule has 4 nitrogen and oxygen atoms in total. The number of hydrogen-bond acceptors (Lipinski definition) is 3. The van der Waals surface area contributed by atoms with Crippen LogP contribution in [0.1, 0.15) is 22.8 Å². The van der Waals surface area contributed by atoms with Gasteiger partial charge in [-0.15, -0.1) is 0 Å². The zero-order valence-electron chi connectivity index (χ0n) is 11.7. The van der Waals surface area contributed by atoms with Crippen molar-refractivity contribution in [3.8, 4) is 11.6 Å². The molecule has 1 N–H and O–H groups in total. The van der Waals surface area contributed by atoms with Crippen molar-refractivity contribution in [3.05, 3.63) is 58.3 Å². The first-order chi connectivity index (χ1) is 10.5. The van der Waals surface area contributed by atoms with Crippen molar-refractivity contribution < 1.29 is 18.6 Å². The normalized spacial score (nSPS) is 19.6. The van der Waals surface area contributed by atoms with Crippen LogP contribution in [-0.4, -0.2) is 16.3 Å². The van der Waals surface area contributed by atoms with E-state index in [0.717, 1.165) is 12.1 Å². The summed E-state index contributed by atoms with van der Waals surface area (Å²) in [7, 11) is 0. The summed E-state index contributed by atoms with van der Waals surface area (Å²) in [6.45, 7) is 8.66. The predicted octanol–water partition coefficient (Wildman–Crippen LogP) is 3.80. The maximum absolute atomic E-state index is 13.8. The van der Waals surface area contributed by atoms with Gasteiger partial charge in [0, 0.05) is 24.2 Å². The molecule has 2 atom stereocenters. The van der Waals surface area contributed by atoms with E-state index in [9.17, 15) is 13.9 Å². The van der Waals surface area contributed by atoms with Crippen molar-refractivity contribution in [2.24, 2.45) is 0 Å². The molecule has 22 heavy (non-hydrogen) atoms. The third-order valence-electron chi connectivity index (χ3n) is 3.62. The van der Waals surface area contributed by atoms with Gasteiger partial charge in [-0.3, -0.25) is 0 Å². The highest BCUT2D eigenvalue weighted by Gasteiger charge is 2.35. The summed E-state index contributed by atoms with van der Waals surface area (Å²) < 4.78 is 32.7. The maximum Gasteiger partial charge on any atom is 0.222 e. The molecule has 0 saturated heterocycles. The number of aryl methyl sites for hydroxylation is 1. The fourth-order valence-electron chi connectivity index (χ4n) is 2.62. The van der Waals surface area contributed by atoms with Crippen LogP contribution in [0.15, 0.2) is 24.4 Å². The number of rotatable bonds is 2. The van der Waals surface area contributed by atoms with Crippen molar-refractivity contribution in [2.45, 2.75) is 25.6 Å². The average molecular weight is 302 g/mol. The van der Waals surface area contributed by atoms with Crippen LogP contribution in [0.5, 0.6) is 11.6 Å². The largest absolute Gasteiger partial charge is 0.440 e. The van der Waals surface area contributed by atoms with Gasteiger partial charge in [0.25, 0.3) is 0 Å². The molecule has 3 rings (SSSR count). The first-order valence-corrected chi connectivity index (χ1v) is 6.66. The third kappa shape index (κ3) is 2.40. The van der Waals surface area contributed by atoms with Crippen molar-refractivity contribution in [2.75, 3.05) is 0 Å². The Labute approximate surface area is 125 Å². The van der Waals surface area contributed by atoms with E-state index in [2.05, 4.69) is 9.83 Å². The zero-order chi connectivity index (χ0) is 15.9. The van der Waals surface area contributed by atoms with Gasteiger partial charge in [0.15, 0.2) is 5.69 Å². The van der Waals surface area contributed by atoms with Gasteiger partial charge in [-0.2, -0.15) is 0 Å². The Morgan fingerprint density at radius 1 is 1.41 bits per heavy atom. The molecule has 1 aromatic carbocycles. The Hall–Kier alpha value is -2.52. The second-order valence-electron chi connectivity index (χ2n) is 5.16. The van der Waals surface area contributed by atoms with Gasteiger partial charge >= 0.3 is 0 Å². The topological polar surface area (TPSA) is 46.7 Å². The smallest absolute Gasteiger partial charge is 0.222 e. The van der Waals surface area contributed by atoms with Crippen LogP contribution in [0.3, 0.4) is 0 Å². The Balaban J connectivity index is 2.02. The minimum absolute atomic E-state index is 0.00843. The predicted molar refractivity (Wildman–Crippen MR) is 75.3 cm³/mol. The molecule has 0 saturated carbocycles. The lowest BCUT2D eigenvalue weighted by Gasteiger charge is -2.12. The Kier molecular flexibility index (Phi) is 3.51. The summed E-state index contributed by atoms with van der Waals surface area (Å²) in [6.07, 6.45) is -1.14. The summed E-state index contributed by atoms with van der Waals surface area (Å²) in [5.41, 5.74) is 1.73. The van der Waals surface area contributed by atoms with E-state index >= 15 is 0 Å². The van der Waals surface area contributed by atoms with E-state index in [1.807, 2.05) is 0 Å². The van der Waals surface area contributed by atoms with E-state index in [1.54, 1.807) is 6.92 Å². The van der Waals surface area contributed by atoms with Crippen LogP contribution in [0.2, 0.25) is 0 Å². The third-order valence-corrected chi connectivity index (χ3v) is 3.62. The van der Waals surface area contributed by atoms with Crippen LogP contribution >= 0.6 is 0 Å². The number of halogens is 2. The monoisotopic (exact) mass is 302 g/mol. The van der Waals surface area contributed by atoms with Crippen LogP contribution in [0, 0.1) is 19.3 Å². The van der Waals surface area contributed by atoms with E-state index in [0.29, 0.717) is 16.7 Å². The van der Waals surface area contributed by atoms with Gasteiger partial charge < -0.3 is 9.84 Å². The molecule has 0 spiro atoms. The van der Waals surface area contributed by atoms with E-state index in [4.69, 9.17) is 11.3 Å². The molecule has 1 aliphatic rings. The molecule has 6 heteroatoms. The van der Waals surface area contributed by atoms with E-state index < -0.39 is 18.1 Å². The van der Waals surface area contributed by atoms with E-state index in [-0.39, 0.29) is 23.7 Å². The van der Waals surface area contributed by atoms with Crippen LogP contribution in [-0.2, 0) is 6.42 Å². The number of aliphatic hydroxyl groups excluding tert-OH is 1. The van der Waals surface area contributed by atoms with Crippen molar-refractivity contribution in [1.29, 1.82) is 0 Å².